The lowest BCUT2D eigenvalue weighted by molar-refractivity contribution is 0.573. The van der Waals surface area contributed by atoms with Gasteiger partial charge in [0.05, 0.1) is 0 Å². The summed E-state index contributed by atoms with van der Waals surface area (Å²) >= 11 is 1.94. The van der Waals surface area contributed by atoms with Crippen LogP contribution in [0.25, 0.3) is 0 Å². The summed E-state index contributed by atoms with van der Waals surface area (Å²) in [4.78, 5) is 24.4. The number of rotatable bonds is 6. The second-order valence-corrected chi connectivity index (χ2v) is 6.67. The molecule has 1 fully saturated rings. The molecule has 0 amide bonds. The average molecular weight is 312 g/mol. The second kappa shape index (κ2) is 7.06. The lowest BCUT2D eigenvalue weighted by Crippen LogP contribution is -2.41. The number of hydrogen-bond donors (Lipinski definition) is 2. The van der Waals surface area contributed by atoms with E-state index >= 15 is 0 Å². The SMILES string of the molecule is CCCCn1c(N)c(NCC2CCSC2)c(=O)n(C)c1=O. The second-order valence-electron chi connectivity index (χ2n) is 5.52. The Morgan fingerprint density at radius 2 is 2.19 bits per heavy atom. The van der Waals surface area contributed by atoms with Gasteiger partial charge in [-0.05, 0) is 30.3 Å². The molecule has 1 atom stereocenters. The van der Waals surface area contributed by atoms with Crippen LogP contribution >= 0.6 is 11.8 Å². The fourth-order valence-electron chi connectivity index (χ4n) is 2.47. The smallest absolute Gasteiger partial charge is 0.332 e. The van der Waals surface area contributed by atoms with Gasteiger partial charge in [0.25, 0.3) is 5.56 Å². The van der Waals surface area contributed by atoms with Gasteiger partial charge >= 0.3 is 5.69 Å². The van der Waals surface area contributed by atoms with Crippen molar-refractivity contribution in [2.24, 2.45) is 13.0 Å². The normalized spacial score (nSPS) is 18.1. The molecule has 1 unspecified atom stereocenters. The highest BCUT2D eigenvalue weighted by atomic mass is 32.2. The summed E-state index contributed by atoms with van der Waals surface area (Å²) in [5, 5.41) is 3.18. The van der Waals surface area contributed by atoms with Gasteiger partial charge in [0.15, 0.2) is 0 Å². The predicted octanol–water partition coefficient (Wildman–Crippen LogP) is 1.09. The van der Waals surface area contributed by atoms with Crippen LogP contribution in [0.1, 0.15) is 26.2 Å². The van der Waals surface area contributed by atoms with E-state index < -0.39 is 0 Å². The van der Waals surface area contributed by atoms with E-state index in [9.17, 15) is 9.59 Å². The van der Waals surface area contributed by atoms with Gasteiger partial charge in [-0.2, -0.15) is 11.8 Å². The van der Waals surface area contributed by atoms with E-state index in [1.807, 2.05) is 11.8 Å². The zero-order valence-electron chi connectivity index (χ0n) is 12.7. The monoisotopic (exact) mass is 312 g/mol. The first-order valence-corrected chi connectivity index (χ1v) is 8.62. The molecule has 6 nitrogen and oxygen atoms in total. The van der Waals surface area contributed by atoms with Crippen LogP contribution in [0.5, 0.6) is 0 Å². The third kappa shape index (κ3) is 3.45. The zero-order chi connectivity index (χ0) is 15.4. The minimum absolute atomic E-state index is 0.266. The molecule has 2 heterocycles. The molecule has 2 rings (SSSR count). The maximum atomic E-state index is 12.2. The summed E-state index contributed by atoms with van der Waals surface area (Å²) in [6, 6.07) is 0. The summed E-state index contributed by atoms with van der Waals surface area (Å²) in [5.41, 5.74) is 5.75. The molecule has 0 saturated carbocycles. The zero-order valence-corrected chi connectivity index (χ0v) is 13.5. The molecule has 118 valence electrons. The molecule has 1 aliphatic heterocycles. The Balaban J connectivity index is 2.28. The number of nitrogens with one attached hydrogen (secondary N) is 1. The van der Waals surface area contributed by atoms with Crippen LogP contribution in [0.15, 0.2) is 9.59 Å². The summed E-state index contributed by atoms with van der Waals surface area (Å²) in [6.07, 6.45) is 2.99. The van der Waals surface area contributed by atoms with Crippen molar-refractivity contribution in [3.8, 4) is 0 Å². The Hall–Kier alpha value is -1.37. The highest BCUT2D eigenvalue weighted by molar-refractivity contribution is 7.99. The van der Waals surface area contributed by atoms with Gasteiger partial charge in [0.1, 0.15) is 11.5 Å². The molecule has 1 saturated heterocycles. The summed E-state index contributed by atoms with van der Waals surface area (Å²) in [7, 11) is 1.50. The molecule has 3 N–H and O–H groups in total. The topological polar surface area (TPSA) is 82.0 Å². The number of anilines is 2. The molecule has 0 bridgehead atoms. The van der Waals surface area contributed by atoms with Crippen LogP contribution in [0.2, 0.25) is 0 Å². The van der Waals surface area contributed by atoms with Crippen molar-refractivity contribution in [3.05, 3.63) is 20.8 Å². The Kier molecular flexibility index (Phi) is 5.39. The number of nitrogens with zero attached hydrogens (tertiary/aromatic N) is 2. The molecule has 0 spiro atoms. The Bertz CT molecular complexity index is 602. The number of unbranched alkanes of at least 4 members (excludes halogenated alkanes) is 1. The van der Waals surface area contributed by atoms with Gasteiger partial charge in [-0.3, -0.25) is 13.9 Å². The van der Waals surface area contributed by atoms with Crippen LogP contribution in [0.3, 0.4) is 0 Å². The molecular formula is C14H24N4O2S. The van der Waals surface area contributed by atoms with E-state index in [4.69, 9.17) is 5.73 Å². The van der Waals surface area contributed by atoms with Crippen molar-refractivity contribution >= 4 is 23.3 Å². The summed E-state index contributed by atoms with van der Waals surface area (Å²) in [5.74, 6) is 3.12. The molecule has 1 aromatic rings. The quantitative estimate of drug-likeness (QED) is 0.822. The van der Waals surface area contributed by atoms with Crippen molar-refractivity contribution in [1.82, 2.24) is 9.13 Å². The minimum Gasteiger partial charge on any atom is -0.383 e. The van der Waals surface area contributed by atoms with E-state index in [-0.39, 0.29) is 17.1 Å². The Morgan fingerprint density at radius 1 is 1.43 bits per heavy atom. The van der Waals surface area contributed by atoms with E-state index in [1.165, 1.54) is 17.4 Å². The van der Waals surface area contributed by atoms with Crippen molar-refractivity contribution < 1.29 is 0 Å². The van der Waals surface area contributed by atoms with Crippen LogP contribution in [0, 0.1) is 5.92 Å². The van der Waals surface area contributed by atoms with Gasteiger partial charge in [-0.25, -0.2) is 4.79 Å². The van der Waals surface area contributed by atoms with Crippen LogP contribution in [-0.2, 0) is 13.6 Å². The fourth-order valence-corrected chi connectivity index (χ4v) is 3.76. The van der Waals surface area contributed by atoms with Gasteiger partial charge in [-0.15, -0.1) is 0 Å². The highest BCUT2D eigenvalue weighted by Crippen LogP contribution is 2.24. The molecular weight excluding hydrogens is 288 g/mol. The van der Waals surface area contributed by atoms with Crippen molar-refractivity contribution in [2.45, 2.75) is 32.7 Å². The largest absolute Gasteiger partial charge is 0.383 e. The van der Waals surface area contributed by atoms with Crippen molar-refractivity contribution in [1.29, 1.82) is 0 Å². The molecule has 7 heteroatoms. The van der Waals surface area contributed by atoms with E-state index in [0.717, 1.165) is 36.1 Å². The van der Waals surface area contributed by atoms with Gasteiger partial charge < -0.3 is 11.1 Å². The number of thioether (sulfide) groups is 1. The standard InChI is InChI=1S/C14H24N4O2S/c1-3-4-6-18-12(15)11(13(19)17(2)14(18)20)16-8-10-5-7-21-9-10/h10,16H,3-9,15H2,1-2H3. The van der Waals surface area contributed by atoms with Crippen LogP contribution in [-0.4, -0.2) is 27.2 Å². The molecule has 0 radical (unpaired) electrons. The summed E-state index contributed by atoms with van der Waals surface area (Å²) < 4.78 is 2.63. The average Bonchev–Trinajstić information content (AvgIpc) is 2.98. The lowest BCUT2D eigenvalue weighted by Gasteiger charge is -2.17. The maximum absolute atomic E-state index is 12.2. The number of hydrogen-bond acceptors (Lipinski definition) is 5. The molecule has 0 aliphatic carbocycles. The number of aromatic nitrogens is 2. The lowest BCUT2D eigenvalue weighted by atomic mass is 10.1. The van der Waals surface area contributed by atoms with Gasteiger partial charge in [0, 0.05) is 20.1 Å². The van der Waals surface area contributed by atoms with Gasteiger partial charge in [0.2, 0.25) is 0 Å². The molecule has 21 heavy (non-hydrogen) atoms. The first-order chi connectivity index (χ1) is 10.1. The number of nitrogens with two attached hydrogens (primary N) is 1. The first kappa shape index (κ1) is 16.0. The van der Waals surface area contributed by atoms with E-state index in [2.05, 4.69) is 12.2 Å². The minimum atomic E-state index is -0.340. The van der Waals surface area contributed by atoms with Crippen molar-refractivity contribution in [2.75, 3.05) is 29.1 Å². The molecule has 1 aliphatic rings. The highest BCUT2D eigenvalue weighted by Gasteiger charge is 2.19. The van der Waals surface area contributed by atoms with Crippen LogP contribution in [0.4, 0.5) is 11.5 Å². The Labute approximate surface area is 128 Å². The summed E-state index contributed by atoms with van der Waals surface area (Å²) in [6.45, 7) is 3.34. The fraction of sp³-hybridized carbons (Fsp3) is 0.714. The third-order valence-electron chi connectivity index (χ3n) is 3.91. The Morgan fingerprint density at radius 3 is 2.81 bits per heavy atom. The van der Waals surface area contributed by atoms with Crippen LogP contribution < -0.4 is 22.3 Å². The molecule has 1 aromatic heterocycles. The predicted molar refractivity (Wildman–Crippen MR) is 89.2 cm³/mol. The first-order valence-electron chi connectivity index (χ1n) is 7.47. The molecule has 0 aromatic carbocycles. The van der Waals surface area contributed by atoms with Gasteiger partial charge in [-0.1, -0.05) is 13.3 Å². The van der Waals surface area contributed by atoms with E-state index in [0.29, 0.717) is 18.2 Å². The number of nitrogen functional groups attached to an aromatic ring is 1. The maximum Gasteiger partial charge on any atom is 0.332 e. The van der Waals surface area contributed by atoms with Crippen molar-refractivity contribution in [3.63, 3.8) is 0 Å². The third-order valence-corrected chi connectivity index (χ3v) is 5.14. The van der Waals surface area contributed by atoms with E-state index in [1.54, 1.807) is 0 Å².